The zero-order valence-corrected chi connectivity index (χ0v) is 25.4. The van der Waals surface area contributed by atoms with Crippen molar-refractivity contribution >= 4 is 20.0 Å². The van der Waals surface area contributed by atoms with Crippen LogP contribution in [0.15, 0.2) is 0 Å². The number of nitrogens with zero attached hydrogens (tertiary/aromatic N) is 2. The lowest BCUT2D eigenvalue weighted by Crippen LogP contribution is -2.51. The van der Waals surface area contributed by atoms with Crippen molar-refractivity contribution in [3.05, 3.63) is 0 Å². The Labute approximate surface area is 225 Å². The summed E-state index contributed by atoms with van der Waals surface area (Å²) in [5, 5.41) is 0. The highest BCUT2D eigenvalue weighted by Gasteiger charge is 2.31. The first-order chi connectivity index (χ1) is 17.3. The molecule has 36 heavy (non-hydrogen) atoms. The fourth-order valence-electron chi connectivity index (χ4n) is 5.03. The smallest absolute Gasteiger partial charge is 0.212 e. The van der Waals surface area contributed by atoms with E-state index in [9.17, 15) is 16.8 Å². The monoisotopic (exact) mass is 550 g/mol. The summed E-state index contributed by atoms with van der Waals surface area (Å²) in [6.07, 6.45) is 23.6. The third-order valence-corrected chi connectivity index (χ3v) is 11.4. The van der Waals surface area contributed by atoms with E-state index in [2.05, 4.69) is 13.8 Å². The van der Waals surface area contributed by atoms with E-state index in [1.807, 2.05) is 0 Å². The van der Waals surface area contributed by atoms with Gasteiger partial charge in [-0.25, -0.2) is 16.8 Å². The van der Waals surface area contributed by atoms with E-state index in [-0.39, 0.29) is 37.7 Å². The fourth-order valence-corrected chi connectivity index (χ4v) is 8.12. The average molecular weight is 551 g/mol. The Morgan fingerprint density at radius 3 is 0.861 bits per heavy atom. The first-order valence-corrected chi connectivity index (χ1v) is 18.5. The highest BCUT2D eigenvalue weighted by Crippen LogP contribution is 2.17. The topological polar surface area (TPSA) is 74.8 Å². The van der Waals surface area contributed by atoms with E-state index in [4.69, 9.17) is 0 Å². The van der Waals surface area contributed by atoms with Gasteiger partial charge in [-0.05, 0) is 12.8 Å². The zero-order valence-electron chi connectivity index (χ0n) is 23.7. The predicted molar refractivity (Wildman–Crippen MR) is 154 cm³/mol. The molecule has 0 atom stereocenters. The van der Waals surface area contributed by atoms with Crippen molar-refractivity contribution in [2.24, 2.45) is 0 Å². The molecule has 0 aromatic carbocycles. The molecule has 0 saturated carbocycles. The molecule has 216 valence electrons. The summed E-state index contributed by atoms with van der Waals surface area (Å²) in [6.45, 7) is 5.62. The van der Waals surface area contributed by atoms with E-state index in [1.165, 1.54) is 98.5 Å². The van der Waals surface area contributed by atoms with Crippen LogP contribution < -0.4 is 0 Å². The average Bonchev–Trinajstić information content (AvgIpc) is 2.86. The molecule has 0 N–H and O–H groups in total. The van der Waals surface area contributed by atoms with Gasteiger partial charge >= 0.3 is 0 Å². The van der Waals surface area contributed by atoms with Crippen LogP contribution in [0.25, 0.3) is 0 Å². The van der Waals surface area contributed by atoms with Crippen LogP contribution in [0, 0.1) is 0 Å². The van der Waals surface area contributed by atoms with Gasteiger partial charge in [0.05, 0.1) is 11.5 Å². The largest absolute Gasteiger partial charge is 0.214 e. The molecule has 1 saturated heterocycles. The lowest BCUT2D eigenvalue weighted by molar-refractivity contribution is 0.272. The van der Waals surface area contributed by atoms with E-state index >= 15 is 0 Å². The molecule has 0 radical (unpaired) electrons. The zero-order chi connectivity index (χ0) is 26.5. The molecular weight excluding hydrogens is 492 g/mol. The Bertz CT molecular complexity index is 656. The van der Waals surface area contributed by atoms with Crippen LogP contribution in [0.1, 0.15) is 142 Å². The van der Waals surface area contributed by atoms with Crippen molar-refractivity contribution in [1.82, 2.24) is 8.61 Å². The normalized spacial score (nSPS) is 16.1. The van der Waals surface area contributed by atoms with Gasteiger partial charge in [-0.1, -0.05) is 129 Å². The minimum Gasteiger partial charge on any atom is -0.212 e. The Hall–Kier alpha value is -0.180. The Balaban J connectivity index is 2.13. The number of sulfonamides is 2. The maximum atomic E-state index is 12.7. The maximum Gasteiger partial charge on any atom is 0.214 e. The van der Waals surface area contributed by atoms with Crippen molar-refractivity contribution in [2.75, 3.05) is 37.7 Å². The van der Waals surface area contributed by atoms with Crippen molar-refractivity contribution < 1.29 is 16.8 Å². The summed E-state index contributed by atoms with van der Waals surface area (Å²) in [4.78, 5) is 0. The lowest BCUT2D eigenvalue weighted by Gasteiger charge is -2.33. The second kappa shape index (κ2) is 20.7. The Morgan fingerprint density at radius 1 is 0.389 bits per heavy atom. The van der Waals surface area contributed by atoms with Crippen LogP contribution in [-0.2, 0) is 20.0 Å². The molecule has 1 rings (SSSR count). The van der Waals surface area contributed by atoms with Crippen molar-refractivity contribution in [3.8, 4) is 0 Å². The third kappa shape index (κ3) is 15.9. The van der Waals surface area contributed by atoms with Gasteiger partial charge < -0.3 is 0 Å². The van der Waals surface area contributed by atoms with Crippen molar-refractivity contribution in [1.29, 1.82) is 0 Å². The van der Waals surface area contributed by atoms with Gasteiger partial charge in [0, 0.05) is 26.2 Å². The minimum atomic E-state index is -3.29. The van der Waals surface area contributed by atoms with Gasteiger partial charge in [-0.2, -0.15) is 8.61 Å². The number of piperazine rings is 1. The molecule has 1 heterocycles. The number of hydrogen-bond acceptors (Lipinski definition) is 4. The molecule has 0 aromatic rings. The summed E-state index contributed by atoms with van der Waals surface area (Å²) in [6, 6.07) is 0. The second-order valence-corrected chi connectivity index (χ2v) is 15.0. The summed E-state index contributed by atoms with van der Waals surface area (Å²) in [5.74, 6) is 0.379. The molecule has 0 aliphatic carbocycles. The molecule has 0 unspecified atom stereocenters. The molecule has 0 spiro atoms. The highest BCUT2D eigenvalue weighted by atomic mass is 32.2. The van der Waals surface area contributed by atoms with E-state index < -0.39 is 20.0 Å². The lowest BCUT2D eigenvalue weighted by atomic mass is 10.1. The van der Waals surface area contributed by atoms with Gasteiger partial charge in [-0.15, -0.1) is 0 Å². The van der Waals surface area contributed by atoms with Gasteiger partial charge in [0.25, 0.3) is 0 Å². The number of hydrogen-bond donors (Lipinski definition) is 0. The van der Waals surface area contributed by atoms with Crippen LogP contribution in [0.3, 0.4) is 0 Å². The molecule has 1 aliphatic rings. The standard InChI is InChI=1S/C28H58N2O4S2/c1-3-5-7-9-11-13-15-17-19-21-27-35(31,32)29-23-25-30(26-24-29)36(33,34)28-22-20-18-16-14-12-10-8-6-4-2/h3-28H2,1-2H3. The minimum absolute atomic E-state index is 0.189. The van der Waals surface area contributed by atoms with Gasteiger partial charge in [0.2, 0.25) is 20.0 Å². The quantitative estimate of drug-likeness (QED) is 0.120. The van der Waals surface area contributed by atoms with Crippen LogP contribution in [0.4, 0.5) is 0 Å². The predicted octanol–water partition coefficient (Wildman–Crippen LogP) is 7.11. The first kappa shape index (κ1) is 33.8. The molecule has 0 aromatic heterocycles. The summed E-state index contributed by atoms with van der Waals surface area (Å²) < 4.78 is 53.8. The fraction of sp³-hybridized carbons (Fsp3) is 1.00. The summed E-state index contributed by atoms with van der Waals surface area (Å²) in [5.41, 5.74) is 0. The molecule has 0 amide bonds. The van der Waals surface area contributed by atoms with Crippen LogP contribution >= 0.6 is 0 Å². The Morgan fingerprint density at radius 2 is 0.611 bits per heavy atom. The van der Waals surface area contributed by atoms with Crippen LogP contribution in [-0.4, -0.2) is 63.1 Å². The molecule has 6 nitrogen and oxygen atoms in total. The molecule has 0 bridgehead atoms. The first-order valence-electron chi connectivity index (χ1n) is 15.3. The molecular formula is C28H58N2O4S2. The number of unbranched alkanes of at least 4 members (excludes halogenated alkanes) is 18. The Kier molecular flexibility index (Phi) is 19.5. The summed E-state index contributed by atoms with van der Waals surface area (Å²) >= 11 is 0. The highest BCUT2D eigenvalue weighted by molar-refractivity contribution is 7.89. The summed E-state index contributed by atoms with van der Waals surface area (Å²) in [7, 11) is -6.57. The van der Waals surface area contributed by atoms with Crippen LogP contribution in [0.2, 0.25) is 0 Å². The molecule has 1 aliphatic heterocycles. The van der Waals surface area contributed by atoms with Crippen LogP contribution in [0.5, 0.6) is 0 Å². The van der Waals surface area contributed by atoms with Gasteiger partial charge in [-0.3, -0.25) is 0 Å². The van der Waals surface area contributed by atoms with E-state index in [0.29, 0.717) is 12.8 Å². The van der Waals surface area contributed by atoms with Crippen molar-refractivity contribution in [2.45, 2.75) is 142 Å². The molecule has 8 heteroatoms. The third-order valence-electron chi connectivity index (χ3n) is 7.50. The van der Waals surface area contributed by atoms with Crippen molar-refractivity contribution in [3.63, 3.8) is 0 Å². The maximum absolute atomic E-state index is 12.7. The second-order valence-electron chi connectivity index (χ2n) is 10.8. The number of rotatable bonds is 24. The SMILES string of the molecule is CCCCCCCCCCCCS(=O)(=O)N1CCN(S(=O)(=O)CCCCCCCCCCCC)CC1. The van der Waals surface area contributed by atoms with E-state index in [1.54, 1.807) is 0 Å². The van der Waals surface area contributed by atoms with E-state index in [0.717, 1.165) is 25.7 Å². The van der Waals surface area contributed by atoms with Gasteiger partial charge in [0.1, 0.15) is 0 Å². The van der Waals surface area contributed by atoms with Gasteiger partial charge in [0.15, 0.2) is 0 Å². The molecule has 1 fully saturated rings.